The molecule has 2 atom stereocenters. The molecule has 1 aliphatic rings. The largest absolute Gasteiger partial charge is 0.481 e. The van der Waals surface area contributed by atoms with Gasteiger partial charge in [-0.05, 0) is 24.8 Å². The normalized spacial score (nSPS) is 23.1. The molecule has 2 unspecified atom stereocenters. The first kappa shape index (κ1) is 13.7. The van der Waals surface area contributed by atoms with E-state index >= 15 is 0 Å². The van der Waals surface area contributed by atoms with E-state index in [0.717, 1.165) is 17.0 Å². The number of nitrogens with zero attached hydrogens (tertiary/aromatic N) is 3. The molecule has 2 heterocycles. The number of fused-ring (bicyclic) bond motifs is 1. The van der Waals surface area contributed by atoms with Gasteiger partial charge in [0.15, 0.2) is 5.65 Å². The average Bonchev–Trinajstić information content (AvgIpc) is 2.85. The van der Waals surface area contributed by atoms with Crippen LogP contribution in [0.5, 0.6) is 5.88 Å². The number of imidazole rings is 1. The Balaban J connectivity index is 2.15. The summed E-state index contributed by atoms with van der Waals surface area (Å²) in [5, 5.41) is 0. The van der Waals surface area contributed by atoms with Crippen LogP contribution in [0.3, 0.4) is 0 Å². The van der Waals surface area contributed by atoms with Crippen molar-refractivity contribution in [2.24, 2.45) is 5.92 Å². The lowest BCUT2D eigenvalue weighted by molar-refractivity contribution is 0.257. The van der Waals surface area contributed by atoms with Gasteiger partial charge in [-0.25, -0.2) is 4.98 Å². The lowest BCUT2D eigenvalue weighted by Gasteiger charge is -2.31. The molecule has 20 heavy (non-hydrogen) atoms. The molecule has 0 aliphatic heterocycles. The molecule has 4 nitrogen and oxygen atoms in total. The Kier molecular flexibility index (Phi) is 3.83. The van der Waals surface area contributed by atoms with Crippen molar-refractivity contribution in [1.82, 2.24) is 14.5 Å². The standard InChI is InChI=1S/C15H20ClN3O/c1-10-5-3-4-6-12(10)19-13(9-16)17-11-7-8-14(20-2)18-15(11)19/h7-8,10,12H,3-6,9H2,1-2H3. The second-order valence-electron chi connectivity index (χ2n) is 5.56. The Bertz CT molecular complexity index is 610. The molecule has 3 rings (SSSR count). The topological polar surface area (TPSA) is 39.9 Å². The molecule has 1 aliphatic carbocycles. The number of aromatic nitrogens is 3. The highest BCUT2D eigenvalue weighted by Gasteiger charge is 2.27. The van der Waals surface area contributed by atoms with E-state index < -0.39 is 0 Å². The molecule has 0 saturated heterocycles. The first-order valence-electron chi connectivity index (χ1n) is 7.22. The van der Waals surface area contributed by atoms with Crippen molar-refractivity contribution < 1.29 is 4.74 Å². The second kappa shape index (κ2) is 5.60. The Hall–Kier alpha value is -1.29. The van der Waals surface area contributed by atoms with Crippen LogP contribution < -0.4 is 4.74 Å². The van der Waals surface area contributed by atoms with Crippen LogP contribution in [0.1, 0.15) is 44.5 Å². The van der Waals surface area contributed by atoms with Crippen LogP contribution in [-0.4, -0.2) is 21.6 Å². The zero-order valence-corrected chi connectivity index (χ0v) is 12.7. The zero-order valence-electron chi connectivity index (χ0n) is 12.0. The summed E-state index contributed by atoms with van der Waals surface area (Å²) in [4.78, 5) is 9.22. The lowest BCUT2D eigenvalue weighted by Crippen LogP contribution is -2.22. The maximum atomic E-state index is 6.10. The Morgan fingerprint density at radius 1 is 1.30 bits per heavy atom. The first-order chi connectivity index (χ1) is 9.74. The maximum absolute atomic E-state index is 6.10. The van der Waals surface area contributed by atoms with E-state index in [0.29, 0.717) is 23.7 Å². The van der Waals surface area contributed by atoms with Gasteiger partial charge in [-0.15, -0.1) is 11.6 Å². The number of pyridine rings is 1. The van der Waals surface area contributed by atoms with Crippen LogP contribution in [0.25, 0.3) is 11.2 Å². The Morgan fingerprint density at radius 2 is 2.10 bits per heavy atom. The van der Waals surface area contributed by atoms with Crippen LogP contribution in [0, 0.1) is 5.92 Å². The van der Waals surface area contributed by atoms with Gasteiger partial charge in [0.05, 0.1) is 13.0 Å². The molecule has 108 valence electrons. The number of rotatable bonds is 3. The third kappa shape index (κ3) is 2.26. The van der Waals surface area contributed by atoms with Gasteiger partial charge in [-0.2, -0.15) is 4.98 Å². The summed E-state index contributed by atoms with van der Waals surface area (Å²) in [7, 11) is 1.64. The van der Waals surface area contributed by atoms with Crippen LogP contribution in [0.4, 0.5) is 0 Å². The molecule has 1 saturated carbocycles. The Morgan fingerprint density at radius 3 is 2.80 bits per heavy atom. The van der Waals surface area contributed by atoms with Crippen LogP contribution >= 0.6 is 11.6 Å². The summed E-state index contributed by atoms with van der Waals surface area (Å²) in [6, 6.07) is 4.26. The maximum Gasteiger partial charge on any atom is 0.215 e. The predicted octanol–water partition coefficient (Wildman–Crippen LogP) is 3.93. The molecule has 0 radical (unpaired) electrons. The molecule has 2 aromatic heterocycles. The van der Waals surface area contributed by atoms with Crippen LogP contribution in [0.15, 0.2) is 12.1 Å². The minimum Gasteiger partial charge on any atom is -0.481 e. The minimum atomic E-state index is 0.419. The van der Waals surface area contributed by atoms with E-state index in [1.165, 1.54) is 25.7 Å². The molecule has 0 aromatic carbocycles. The first-order valence-corrected chi connectivity index (χ1v) is 7.76. The predicted molar refractivity (Wildman–Crippen MR) is 80.3 cm³/mol. The molecule has 0 bridgehead atoms. The number of hydrogen-bond donors (Lipinski definition) is 0. The summed E-state index contributed by atoms with van der Waals surface area (Å²) < 4.78 is 7.49. The second-order valence-corrected chi connectivity index (χ2v) is 5.82. The summed E-state index contributed by atoms with van der Waals surface area (Å²) in [5.74, 6) is 2.60. The zero-order chi connectivity index (χ0) is 14.1. The van der Waals surface area contributed by atoms with Crippen molar-refractivity contribution in [3.05, 3.63) is 18.0 Å². The SMILES string of the molecule is COc1ccc2nc(CCl)n(C3CCCCC3C)c2n1. The molecule has 0 N–H and O–H groups in total. The van der Waals surface area contributed by atoms with E-state index in [-0.39, 0.29) is 0 Å². The fourth-order valence-corrected chi connectivity index (χ4v) is 3.43. The molecule has 2 aromatic rings. The van der Waals surface area contributed by atoms with E-state index in [1.807, 2.05) is 12.1 Å². The minimum absolute atomic E-state index is 0.419. The summed E-state index contributed by atoms with van der Waals surface area (Å²) in [6.45, 7) is 2.31. The van der Waals surface area contributed by atoms with Crippen LogP contribution in [0.2, 0.25) is 0 Å². The fraction of sp³-hybridized carbons (Fsp3) is 0.600. The summed E-state index contributed by atoms with van der Waals surface area (Å²) in [5.41, 5.74) is 1.80. The number of ether oxygens (including phenoxy) is 1. The number of alkyl halides is 1. The number of methoxy groups -OCH3 is 1. The van der Waals surface area contributed by atoms with Gasteiger partial charge in [-0.1, -0.05) is 19.8 Å². The van der Waals surface area contributed by atoms with Crippen molar-refractivity contribution in [2.45, 2.75) is 44.5 Å². The van der Waals surface area contributed by atoms with Crippen molar-refractivity contribution >= 4 is 22.8 Å². The van der Waals surface area contributed by atoms with Gasteiger partial charge in [-0.3, -0.25) is 0 Å². The van der Waals surface area contributed by atoms with Crippen molar-refractivity contribution in [2.75, 3.05) is 7.11 Å². The average molecular weight is 294 g/mol. The van der Waals surface area contributed by atoms with E-state index in [2.05, 4.69) is 21.5 Å². The van der Waals surface area contributed by atoms with Gasteiger partial charge < -0.3 is 9.30 Å². The highest BCUT2D eigenvalue weighted by molar-refractivity contribution is 6.16. The number of hydrogen-bond acceptors (Lipinski definition) is 3. The smallest absolute Gasteiger partial charge is 0.215 e. The van der Waals surface area contributed by atoms with Gasteiger partial charge in [0.25, 0.3) is 0 Å². The molecular formula is C15H20ClN3O. The fourth-order valence-electron chi connectivity index (χ4n) is 3.24. The van der Waals surface area contributed by atoms with Gasteiger partial charge >= 0.3 is 0 Å². The van der Waals surface area contributed by atoms with E-state index in [9.17, 15) is 0 Å². The lowest BCUT2D eigenvalue weighted by atomic mass is 9.85. The van der Waals surface area contributed by atoms with Gasteiger partial charge in [0, 0.05) is 12.1 Å². The van der Waals surface area contributed by atoms with E-state index in [1.54, 1.807) is 7.11 Å². The molecular weight excluding hydrogens is 274 g/mol. The summed E-state index contributed by atoms with van der Waals surface area (Å²) in [6.07, 6.45) is 5.02. The Labute approximate surface area is 124 Å². The molecule has 0 amide bonds. The monoisotopic (exact) mass is 293 g/mol. The van der Waals surface area contributed by atoms with Gasteiger partial charge in [0.1, 0.15) is 11.3 Å². The number of halogens is 1. The van der Waals surface area contributed by atoms with Crippen LogP contribution in [-0.2, 0) is 5.88 Å². The highest BCUT2D eigenvalue weighted by Crippen LogP contribution is 2.36. The third-order valence-corrected chi connectivity index (χ3v) is 4.55. The van der Waals surface area contributed by atoms with Crippen molar-refractivity contribution in [1.29, 1.82) is 0 Å². The molecule has 1 fully saturated rings. The van der Waals surface area contributed by atoms with Gasteiger partial charge in [0.2, 0.25) is 5.88 Å². The highest BCUT2D eigenvalue weighted by atomic mass is 35.5. The third-order valence-electron chi connectivity index (χ3n) is 4.31. The summed E-state index contributed by atoms with van der Waals surface area (Å²) >= 11 is 6.10. The molecule has 5 heteroatoms. The van der Waals surface area contributed by atoms with E-state index in [4.69, 9.17) is 16.3 Å². The quantitative estimate of drug-likeness (QED) is 0.805. The molecule has 0 spiro atoms. The van der Waals surface area contributed by atoms with Crippen molar-refractivity contribution in [3.63, 3.8) is 0 Å². The van der Waals surface area contributed by atoms with Crippen molar-refractivity contribution in [3.8, 4) is 5.88 Å².